The van der Waals surface area contributed by atoms with Crippen molar-refractivity contribution in [2.24, 2.45) is 5.73 Å². The molecule has 0 aliphatic carbocycles. The highest BCUT2D eigenvalue weighted by molar-refractivity contribution is 6.36. The molecule has 0 bridgehead atoms. The van der Waals surface area contributed by atoms with E-state index in [1.165, 1.54) is 5.54 Å². The van der Waals surface area contributed by atoms with Crippen LogP contribution in [0, 0.1) is 0 Å². The minimum absolute atomic E-state index is 0.315. The Hall–Kier alpha value is 0.240. The molecule has 0 aromatic carbocycles. The molecule has 1 fully saturated rings. The van der Waals surface area contributed by atoms with Gasteiger partial charge in [0.2, 0.25) is 0 Å². The van der Waals surface area contributed by atoms with Crippen LogP contribution in [0.3, 0.4) is 0 Å². The predicted molar refractivity (Wildman–Crippen MR) is 48.8 cm³/mol. The standard InChI is InChI=1S/C7H12Cl2N2/c8-3-6(9)4-11-2-1-7(10)5-11/h3,7H,1-2,4-5,10H2/b6-3-. The summed E-state index contributed by atoms with van der Waals surface area (Å²) in [5, 5.41) is 0.681. The molecule has 1 rings (SSSR count). The van der Waals surface area contributed by atoms with Crippen LogP contribution in [0.4, 0.5) is 0 Å². The maximum absolute atomic E-state index is 5.74. The molecule has 0 saturated carbocycles. The van der Waals surface area contributed by atoms with Gasteiger partial charge in [0.05, 0.1) is 0 Å². The smallest absolute Gasteiger partial charge is 0.0434 e. The minimum atomic E-state index is 0.315. The number of hydrogen-bond acceptors (Lipinski definition) is 2. The molecule has 0 aromatic heterocycles. The molecule has 1 aliphatic heterocycles. The number of rotatable bonds is 2. The lowest BCUT2D eigenvalue weighted by Crippen LogP contribution is -2.27. The largest absolute Gasteiger partial charge is 0.326 e. The second-order valence-electron chi connectivity index (χ2n) is 2.84. The van der Waals surface area contributed by atoms with Gasteiger partial charge in [-0.25, -0.2) is 0 Å². The molecule has 64 valence electrons. The molecule has 1 atom stereocenters. The van der Waals surface area contributed by atoms with Crippen molar-refractivity contribution in [3.05, 3.63) is 10.6 Å². The van der Waals surface area contributed by atoms with Crippen LogP contribution >= 0.6 is 23.2 Å². The average Bonchev–Trinajstić information content (AvgIpc) is 2.35. The average molecular weight is 195 g/mol. The third-order valence-corrected chi connectivity index (χ3v) is 2.41. The minimum Gasteiger partial charge on any atom is -0.326 e. The third kappa shape index (κ3) is 2.99. The van der Waals surface area contributed by atoms with Crippen molar-refractivity contribution in [2.75, 3.05) is 19.6 Å². The summed E-state index contributed by atoms with van der Waals surface area (Å²) in [6.45, 7) is 2.70. The van der Waals surface area contributed by atoms with E-state index in [1.807, 2.05) is 0 Å². The molecule has 11 heavy (non-hydrogen) atoms. The molecule has 2 N–H and O–H groups in total. The lowest BCUT2D eigenvalue weighted by atomic mass is 10.3. The first-order valence-corrected chi connectivity index (χ1v) is 4.46. The summed E-state index contributed by atoms with van der Waals surface area (Å²) in [6, 6.07) is 0.315. The zero-order valence-corrected chi connectivity index (χ0v) is 7.78. The van der Waals surface area contributed by atoms with Crippen LogP contribution in [0.1, 0.15) is 6.42 Å². The van der Waals surface area contributed by atoms with Crippen LogP contribution < -0.4 is 5.73 Å². The number of nitrogens with zero attached hydrogens (tertiary/aromatic N) is 1. The molecular formula is C7H12Cl2N2. The van der Waals surface area contributed by atoms with Crippen LogP contribution in [0.2, 0.25) is 0 Å². The normalized spacial score (nSPS) is 27.9. The van der Waals surface area contributed by atoms with Crippen molar-refractivity contribution in [1.29, 1.82) is 0 Å². The fourth-order valence-electron chi connectivity index (χ4n) is 1.25. The molecule has 1 saturated heterocycles. The Morgan fingerprint density at radius 3 is 2.91 bits per heavy atom. The molecule has 0 amide bonds. The third-order valence-electron chi connectivity index (χ3n) is 1.80. The Bertz CT molecular complexity index is 159. The first-order valence-electron chi connectivity index (χ1n) is 3.65. The second-order valence-corrected chi connectivity index (χ2v) is 3.54. The summed E-state index contributed by atoms with van der Waals surface area (Å²) in [6.07, 6.45) is 1.06. The number of halogens is 2. The van der Waals surface area contributed by atoms with Gasteiger partial charge in [0.1, 0.15) is 0 Å². The van der Waals surface area contributed by atoms with Crippen molar-refractivity contribution in [2.45, 2.75) is 12.5 Å². The number of hydrogen-bond donors (Lipinski definition) is 1. The van der Waals surface area contributed by atoms with Gasteiger partial charge in [-0.2, -0.15) is 0 Å². The van der Waals surface area contributed by atoms with Gasteiger partial charge < -0.3 is 5.73 Å². The van der Waals surface area contributed by atoms with E-state index in [4.69, 9.17) is 28.9 Å². The van der Waals surface area contributed by atoms with Crippen molar-refractivity contribution in [3.8, 4) is 0 Å². The zero-order valence-electron chi connectivity index (χ0n) is 6.26. The fourth-order valence-corrected chi connectivity index (χ4v) is 1.49. The van der Waals surface area contributed by atoms with Gasteiger partial charge in [-0.3, -0.25) is 4.90 Å². The van der Waals surface area contributed by atoms with Gasteiger partial charge in [-0.15, -0.1) is 0 Å². The highest BCUT2D eigenvalue weighted by Crippen LogP contribution is 2.12. The molecule has 4 heteroatoms. The molecule has 2 nitrogen and oxygen atoms in total. The van der Waals surface area contributed by atoms with E-state index in [-0.39, 0.29) is 0 Å². The summed E-state index contributed by atoms with van der Waals surface area (Å²) in [4.78, 5) is 2.20. The molecule has 0 aromatic rings. The van der Waals surface area contributed by atoms with Gasteiger partial charge in [-0.05, 0) is 6.42 Å². The maximum atomic E-state index is 5.74. The van der Waals surface area contributed by atoms with E-state index in [1.54, 1.807) is 0 Å². The Balaban J connectivity index is 2.28. The van der Waals surface area contributed by atoms with Crippen LogP contribution in [-0.4, -0.2) is 30.6 Å². The van der Waals surface area contributed by atoms with Gasteiger partial charge in [0, 0.05) is 36.2 Å². The van der Waals surface area contributed by atoms with Crippen LogP contribution in [0.25, 0.3) is 0 Å². The molecule has 1 heterocycles. The Labute approximate surface area is 76.9 Å². The maximum Gasteiger partial charge on any atom is 0.0434 e. The summed E-state index contributed by atoms with van der Waals surface area (Å²) in [5.74, 6) is 0. The van der Waals surface area contributed by atoms with Crippen LogP contribution in [-0.2, 0) is 0 Å². The van der Waals surface area contributed by atoms with Crippen molar-refractivity contribution >= 4 is 23.2 Å². The molecule has 1 aliphatic rings. The monoisotopic (exact) mass is 194 g/mol. The van der Waals surface area contributed by atoms with Gasteiger partial charge in [-0.1, -0.05) is 23.2 Å². The van der Waals surface area contributed by atoms with Gasteiger partial charge in [0.25, 0.3) is 0 Å². The molecule has 0 spiro atoms. The fraction of sp³-hybridized carbons (Fsp3) is 0.714. The molecule has 1 unspecified atom stereocenters. The topological polar surface area (TPSA) is 29.3 Å². The van der Waals surface area contributed by atoms with E-state index in [2.05, 4.69) is 4.90 Å². The van der Waals surface area contributed by atoms with Crippen LogP contribution in [0.5, 0.6) is 0 Å². The molecule has 0 radical (unpaired) electrons. The number of nitrogens with two attached hydrogens (primary N) is 1. The van der Waals surface area contributed by atoms with E-state index in [0.29, 0.717) is 11.1 Å². The van der Waals surface area contributed by atoms with Crippen molar-refractivity contribution in [1.82, 2.24) is 4.90 Å². The highest BCUT2D eigenvalue weighted by Gasteiger charge is 2.18. The summed E-state index contributed by atoms with van der Waals surface area (Å²) in [5.41, 5.74) is 7.11. The van der Waals surface area contributed by atoms with Crippen LogP contribution in [0.15, 0.2) is 10.6 Å². The summed E-state index contributed by atoms with van der Waals surface area (Å²) < 4.78 is 0. The first kappa shape index (κ1) is 9.33. The van der Waals surface area contributed by atoms with E-state index >= 15 is 0 Å². The van der Waals surface area contributed by atoms with E-state index < -0.39 is 0 Å². The van der Waals surface area contributed by atoms with Gasteiger partial charge >= 0.3 is 0 Å². The van der Waals surface area contributed by atoms with E-state index in [0.717, 1.165) is 26.1 Å². The highest BCUT2D eigenvalue weighted by atomic mass is 35.5. The van der Waals surface area contributed by atoms with Gasteiger partial charge in [0.15, 0.2) is 0 Å². The zero-order chi connectivity index (χ0) is 8.27. The Morgan fingerprint density at radius 1 is 1.73 bits per heavy atom. The lowest BCUT2D eigenvalue weighted by molar-refractivity contribution is 0.369. The molecular weight excluding hydrogens is 183 g/mol. The summed E-state index contributed by atoms with van der Waals surface area (Å²) >= 11 is 11.2. The van der Waals surface area contributed by atoms with E-state index in [9.17, 15) is 0 Å². The first-order chi connectivity index (χ1) is 5.22. The van der Waals surface area contributed by atoms with Crippen molar-refractivity contribution in [3.63, 3.8) is 0 Å². The summed E-state index contributed by atoms with van der Waals surface area (Å²) in [7, 11) is 0. The Morgan fingerprint density at radius 2 is 2.45 bits per heavy atom. The SMILES string of the molecule is NC1CCN(C/C(Cl)=C/Cl)C1. The Kier molecular flexibility index (Phi) is 3.66. The number of likely N-dealkylation sites (tertiary alicyclic amines) is 1. The second kappa shape index (κ2) is 4.31. The predicted octanol–water partition coefficient (Wildman–Crippen LogP) is 1.34. The lowest BCUT2D eigenvalue weighted by Gasteiger charge is -2.13. The quantitative estimate of drug-likeness (QED) is 0.720. The van der Waals surface area contributed by atoms with Crippen molar-refractivity contribution < 1.29 is 0 Å².